The first-order valence-corrected chi connectivity index (χ1v) is 34.9. The van der Waals surface area contributed by atoms with E-state index in [0.29, 0.717) is 6.42 Å². The third kappa shape index (κ3) is 42.1. The van der Waals surface area contributed by atoms with E-state index in [1.807, 2.05) is 6.08 Å². The number of carbonyl (C=O) groups excluding carboxylic acids is 1. The molecule has 2 aliphatic heterocycles. The van der Waals surface area contributed by atoms with Crippen LogP contribution in [0.15, 0.2) is 134 Å². The van der Waals surface area contributed by atoms with Gasteiger partial charge in [0.15, 0.2) is 12.6 Å². The number of carbonyl (C=O) groups is 1. The average molecular weight is 1250 g/mol. The van der Waals surface area contributed by atoms with Crippen molar-refractivity contribution in [1.29, 1.82) is 0 Å². The Morgan fingerprint density at radius 3 is 1.19 bits per heavy atom. The van der Waals surface area contributed by atoms with Crippen LogP contribution in [0.5, 0.6) is 0 Å². The molecule has 14 heteroatoms. The highest BCUT2D eigenvalue weighted by Gasteiger charge is 2.51. The Bertz CT molecular complexity index is 2010. The molecular weight excluding hydrogens is 1120 g/mol. The van der Waals surface area contributed by atoms with Crippen molar-refractivity contribution < 1.29 is 64.6 Å². The minimum Gasteiger partial charge on any atom is -0.394 e. The van der Waals surface area contributed by atoms with E-state index < -0.39 is 86.8 Å². The van der Waals surface area contributed by atoms with Crippen LogP contribution in [0, 0.1) is 0 Å². The lowest BCUT2D eigenvalue weighted by Crippen LogP contribution is -2.65. The van der Waals surface area contributed by atoms with Gasteiger partial charge in [0.2, 0.25) is 5.91 Å². The summed E-state index contributed by atoms with van der Waals surface area (Å²) in [5.74, 6) is -0.253. The summed E-state index contributed by atoms with van der Waals surface area (Å²) in [6.07, 6.45) is 69.2. The molecule has 89 heavy (non-hydrogen) atoms. The summed E-state index contributed by atoms with van der Waals surface area (Å²) in [6.45, 7) is 2.67. The number of aliphatic hydroxyl groups excluding tert-OH is 8. The van der Waals surface area contributed by atoms with E-state index in [4.69, 9.17) is 18.9 Å². The predicted octanol–water partition coefficient (Wildman–Crippen LogP) is 14.3. The number of nitrogens with one attached hydrogen (secondary N) is 1. The monoisotopic (exact) mass is 1250 g/mol. The molecular formula is C75H125NO13. The van der Waals surface area contributed by atoms with Gasteiger partial charge in [0, 0.05) is 6.42 Å². The Hall–Kier alpha value is -3.87. The molecule has 0 aromatic heterocycles. The summed E-state index contributed by atoms with van der Waals surface area (Å²) in [6, 6.07) is -0.929. The lowest BCUT2D eigenvalue weighted by Gasteiger charge is -2.46. The van der Waals surface area contributed by atoms with Crippen molar-refractivity contribution >= 4 is 5.91 Å². The lowest BCUT2D eigenvalue weighted by atomic mass is 9.97. The number of amides is 1. The minimum atomic E-state index is -1.79. The molecule has 2 saturated heterocycles. The molecule has 0 aliphatic carbocycles. The molecule has 2 fully saturated rings. The van der Waals surface area contributed by atoms with E-state index in [2.05, 4.69) is 141 Å². The first-order chi connectivity index (χ1) is 43.6. The van der Waals surface area contributed by atoms with Gasteiger partial charge in [-0.3, -0.25) is 4.79 Å². The van der Waals surface area contributed by atoms with Crippen LogP contribution in [0.4, 0.5) is 0 Å². The lowest BCUT2D eigenvalue weighted by molar-refractivity contribution is -0.359. The van der Waals surface area contributed by atoms with E-state index in [1.165, 1.54) is 96.3 Å². The Morgan fingerprint density at radius 2 is 0.775 bits per heavy atom. The molecule has 0 spiro atoms. The van der Waals surface area contributed by atoms with Gasteiger partial charge < -0.3 is 65.1 Å². The van der Waals surface area contributed by atoms with E-state index in [1.54, 1.807) is 6.08 Å². The SMILES string of the molecule is CC/C=C\C/C=C\C/C=C\C/C=C\C/C=C\C/C=C\C/C=C\C/C=C\C/C=C\C/C=C\CCCCCCCCCCC(=O)NC(COC1OC(CO)C(OC2OC(CO)C(O)C(O)C2O)C(O)C1O)C(O)/C=C/CCCCCCCCCCCCCCCC. The van der Waals surface area contributed by atoms with Crippen LogP contribution in [0.3, 0.4) is 0 Å². The van der Waals surface area contributed by atoms with Gasteiger partial charge in [-0.05, 0) is 96.3 Å². The van der Waals surface area contributed by atoms with Crippen molar-refractivity contribution in [3.63, 3.8) is 0 Å². The quantitative estimate of drug-likeness (QED) is 0.0204. The van der Waals surface area contributed by atoms with Gasteiger partial charge in [0.25, 0.3) is 0 Å². The maximum absolute atomic E-state index is 13.3. The standard InChI is InChI=1S/C75H125NO13/c1-3-5-7-9-11-13-15-17-19-21-22-23-24-25-26-27-28-29-30-31-32-33-34-35-36-37-38-39-40-41-42-43-45-47-49-51-53-55-57-59-67(80)76-63(64(79)58-56-54-52-50-48-46-44-20-18-16-14-12-10-8-6-4-2)62-86-74-72(85)70(83)73(66(61-78)88-74)89-75-71(84)69(82)68(81)65(60-77)87-75/h5,7,11,13,17,19,22-23,25-26,28-29,31-32,34-35,37-38,40-41,56,58,63-66,68-75,77-79,81-85H,3-4,6,8-10,12,14-16,18,20-21,24,27,30,33,36,39,42-55,57,59-62H2,1-2H3,(H,76,80)/b7-5-,13-11-,19-17-,23-22-,26-25-,29-28-,32-31-,35-34-,38-37-,41-40-,58-56+. The van der Waals surface area contributed by atoms with Crippen LogP contribution in [0.1, 0.15) is 239 Å². The fraction of sp³-hybridized carbons (Fsp3) is 0.693. The molecule has 1 amide bonds. The number of hydrogen-bond acceptors (Lipinski definition) is 13. The Kier molecular flexibility index (Phi) is 52.9. The average Bonchev–Trinajstić information content (AvgIpc) is 2.55. The fourth-order valence-electron chi connectivity index (χ4n) is 10.6. The number of rotatable bonds is 55. The zero-order chi connectivity index (χ0) is 64.5. The van der Waals surface area contributed by atoms with Gasteiger partial charge in [-0.25, -0.2) is 0 Å². The van der Waals surface area contributed by atoms with Gasteiger partial charge in [-0.2, -0.15) is 0 Å². The summed E-state index contributed by atoms with van der Waals surface area (Å²) in [5, 5.41) is 87.3. The normalized spacial score (nSPS) is 23.9. The molecule has 12 atom stereocenters. The Balaban J connectivity index is 1.65. The highest BCUT2D eigenvalue weighted by Crippen LogP contribution is 2.30. The maximum atomic E-state index is 13.3. The predicted molar refractivity (Wildman–Crippen MR) is 364 cm³/mol. The Labute approximate surface area is 539 Å². The fourth-order valence-corrected chi connectivity index (χ4v) is 10.6. The summed E-state index contributed by atoms with van der Waals surface area (Å²) in [4.78, 5) is 13.3. The van der Waals surface area contributed by atoms with Gasteiger partial charge >= 0.3 is 0 Å². The van der Waals surface area contributed by atoms with E-state index in [0.717, 1.165) is 116 Å². The van der Waals surface area contributed by atoms with Crippen molar-refractivity contribution in [1.82, 2.24) is 5.32 Å². The molecule has 2 heterocycles. The number of hydrogen-bond donors (Lipinski definition) is 9. The van der Waals surface area contributed by atoms with E-state index in [9.17, 15) is 45.6 Å². The van der Waals surface area contributed by atoms with Crippen LogP contribution < -0.4 is 5.32 Å². The highest BCUT2D eigenvalue weighted by atomic mass is 16.7. The number of allylic oxidation sites excluding steroid dienone is 21. The van der Waals surface area contributed by atoms with Crippen molar-refractivity contribution in [3.05, 3.63) is 134 Å². The summed E-state index contributed by atoms with van der Waals surface area (Å²) in [7, 11) is 0. The zero-order valence-electron chi connectivity index (χ0n) is 55.1. The van der Waals surface area contributed by atoms with Crippen molar-refractivity contribution in [2.75, 3.05) is 19.8 Å². The highest BCUT2D eigenvalue weighted by molar-refractivity contribution is 5.76. The molecule has 9 N–H and O–H groups in total. The van der Waals surface area contributed by atoms with Gasteiger partial charge in [0.1, 0.15) is 48.8 Å². The number of ether oxygens (including phenoxy) is 4. The summed E-state index contributed by atoms with van der Waals surface area (Å²) < 4.78 is 22.8. The molecule has 12 unspecified atom stereocenters. The zero-order valence-corrected chi connectivity index (χ0v) is 55.1. The van der Waals surface area contributed by atoms with E-state index in [-0.39, 0.29) is 18.9 Å². The molecule has 0 aromatic carbocycles. The maximum Gasteiger partial charge on any atom is 0.220 e. The van der Waals surface area contributed by atoms with Crippen LogP contribution in [-0.4, -0.2) is 140 Å². The number of aliphatic hydroxyl groups is 8. The second kappa shape index (κ2) is 58.0. The third-order valence-corrected chi connectivity index (χ3v) is 16.1. The second-order valence-electron chi connectivity index (χ2n) is 23.9. The van der Waals surface area contributed by atoms with Gasteiger partial charge in [-0.1, -0.05) is 270 Å². The topological polar surface area (TPSA) is 228 Å². The minimum absolute atomic E-state index is 0.253. The summed E-state index contributed by atoms with van der Waals surface area (Å²) >= 11 is 0. The molecule has 0 saturated carbocycles. The summed E-state index contributed by atoms with van der Waals surface area (Å²) in [5.41, 5.74) is 0. The molecule has 2 aliphatic rings. The van der Waals surface area contributed by atoms with Gasteiger partial charge in [-0.15, -0.1) is 0 Å². The van der Waals surface area contributed by atoms with Crippen LogP contribution in [0.2, 0.25) is 0 Å². The first kappa shape index (κ1) is 81.2. The smallest absolute Gasteiger partial charge is 0.220 e. The molecule has 2 rings (SSSR count). The number of unbranched alkanes of at least 4 members (excludes halogenated alkanes) is 22. The van der Waals surface area contributed by atoms with Crippen molar-refractivity contribution in [3.8, 4) is 0 Å². The van der Waals surface area contributed by atoms with Crippen LogP contribution in [0.25, 0.3) is 0 Å². The molecule has 508 valence electrons. The first-order valence-electron chi connectivity index (χ1n) is 34.9. The second-order valence-corrected chi connectivity index (χ2v) is 23.9. The molecule has 0 aromatic rings. The largest absolute Gasteiger partial charge is 0.394 e. The Morgan fingerprint density at radius 1 is 0.416 bits per heavy atom. The van der Waals surface area contributed by atoms with Crippen molar-refractivity contribution in [2.45, 2.75) is 312 Å². The van der Waals surface area contributed by atoms with Gasteiger partial charge in [0.05, 0.1) is 32.0 Å². The van der Waals surface area contributed by atoms with Crippen LogP contribution in [-0.2, 0) is 23.7 Å². The van der Waals surface area contributed by atoms with E-state index >= 15 is 0 Å². The molecule has 14 nitrogen and oxygen atoms in total. The van der Waals surface area contributed by atoms with Crippen LogP contribution >= 0.6 is 0 Å². The van der Waals surface area contributed by atoms with Crippen molar-refractivity contribution in [2.24, 2.45) is 0 Å². The molecule has 0 bridgehead atoms. The third-order valence-electron chi connectivity index (χ3n) is 16.1. The molecule has 0 radical (unpaired) electrons.